The molecule has 2 amide bonds. The van der Waals surface area contributed by atoms with E-state index in [9.17, 15) is 27.2 Å². The number of amides is 2. The maximum Gasteiger partial charge on any atom is 0.434 e. The number of anilines is 2. The average Bonchev–Trinajstić information content (AvgIpc) is 3.10. The van der Waals surface area contributed by atoms with E-state index in [2.05, 4.69) is 20.3 Å². The molecular formula is C27H21F4N5O2. The topological polar surface area (TPSA) is 88.1 Å². The second-order valence-electron chi connectivity index (χ2n) is 9.51. The Morgan fingerprint density at radius 3 is 2.42 bits per heavy atom. The highest BCUT2D eigenvalue weighted by molar-refractivity contribution is 6.05. The molecule has 38 heavy (non-hydrogen) atoms. The number of halogens is 4. The van der Waals surface area contributed by atoms with Gasteiger partial charge in [-0.1, -0.05) is 26.0 Å². The standard InChI is InChI=1S/C27H21F4N5O2/c1-26(2)21-18(5-3-6-20(21)36(24(26)38)25-32-11-4-12-33-25)15-13-19(22(34-14-15)27(29,30)31)23(37)35-17-9-7-16(28)8-10-17/h3-14,18,21H,1-2H3,(H,35,37). The average molecular weight is 523 g/mol. The highest BCUT2D eigenvalue weighted by atomic mass is 19.4. The summed E-state index contributed by atoms with van der Waals surface area (Å²) in [7, 11) is 0. The van der Waals surface area contributed by atoms with Gasteiger partial charge < -0.3 is 5.32 Å². The van der Waals surface area contributed by atoms with Crippen molar-refractivity contribution in [2.75, 3.05) is 10.2 Å². The number of carbonyl (C=O) groups excluding carboxylic acids is 2. The Labute approximate surface area is 214 Å². The van der Waals surface area contributed by atoms with Gasteiger partial charge in [-0.15, -0.1) is 0 Å². The van der Waals surface area contributed by atoms with Gasteiger partial charge >= 0.3 is 6.18 Å². The van der Waals surface area contributed by atoms with Crippen molar-refractivity contribution in [2.45, 2.75) is 25.9 Å². The van der Waals surface area contributed by atoms with Gasteiger partial charge in [-0.25, -0.2) is 14.4 Å². The fourth-order valence-corrected chi connectivity index (χ4v) is 4.95. The molecule has 1 aliphatic carbocycles. The maximum atomic E-state index is 13.8. The molecule has 1 saturated heterocycles. The second-order valence-corrected chi connectivity index (χ2v) is 9.51. The minimum absolute atomic E-state index is 0.124. The first-order valence-electron chi connectivity index (χ1n) is 11.6. The second kappa shape index (κ2) is 9.16. The largest absolute Gasteiger partial charge is 0.434 e. The fourth-order valence-electron chi connectivity index (χ4n) is 4.95. The Hall–Kier alpha value is -4.41. The SMILES string of the molecule is CC1(C)C(=O)N(c2ncccn2)C2=CC=CC(c3cnc(C(F)(F)F)c(C(=O)Nc4ccc(F)cc4)c3)C21. The summed E-state index contributed by atoms with van der Waals surface area (Å²) < 4.78 is 54.7. The summed E-state index contributed by atoms with van der Waals surface area (Å²) in [5.41, 5.74) is -1.97. The Balaban J connectivity index is 1.55. The lowest BCUT2D eigenvalue weighted by Gasteiger charge is -2.32. The van der Waals surface area contributed by atoms with E-state index in [1.165, 1.54) is 29.4 Å². The molecule has 0 saturated carbocycles. The Kier molecular flexibility index (Phi) is 6.09. The maximum absolute atomic E-state index is 13.8. The molecule has 1 aliphatic heterocycles. The zero-order chi connectivity index (χ0) is 27.2. The van der Waals surface area contributed by atoms with E-state index in [0.717, 1.165) is 24.4 Å². The van der Waals surface area contributed by atoms with Crippen LogP contribution < -0.4 is 10.2 Å². The van der Waals surface area contributed by atoms with Gasteiger partial charge in [-0.05, 0) is 48.0 Å². The molecule has 1 N–H and O–H groups in total. The normalized spacial score (nSPS) is 20.2. The molecule has 3 aromatic rings. The molecular weight excluding hydrogens is 502 g/mol. The molecule has 2 unspecified atom stereocenters. The minimum Gasteiger partial charge on any atom is -0.322 e. The number of benzene rings is 1. The van der Waals surface area contributed by atoms with Crippen molar-refractivity contribution >= 4 is 23.5 Å². The van der Waals surface area contributed by atoms with Crippen LogP contribution in [0.3, 0.4) is 0 Å². The number of carbonyl (C=O) groups is 2. The molecule has 1 fully saturated rings. The van der Waals surface area contributed by atoms with Crippen LogP contribution in [0.4, 0.5) is 29.2 Å². The van der Waals surface area contributed by atoms with Crippen LogP contribution in [0.2, 0.25) is 0 Å². The summed E-state index contributed by atoms with van der Waals surface area (Å²) >= 11 is 0. The molecule has 7 nitrogen and oxygen atoms in total. The molecule has 0 spiro atoms. The summed E-state index contributed by atoms with van der Waals surface area (Å²) in [6, 6.07) is 7.41. The number of nitrogens with one attached hydrogen (secondary N) is 1. The van der Waals surface area contributed by atoms with Crippen LogP contribution in [0.5, 0.6) is 0 Å². The third-order valence-electron chi connectivity index (χ3n) is 6.71. The summed E-state index contributed by atoms with van der Waals surface area (Å²) in [4.78, 5) is 39.9. The number of allylic oxidation sites excluding steroid dienone is 4. The number of hydrogen-bond donors (Lipinski definition) is 1. The molecule has 3 heterocycles. The molecule has 194 valence electrons. The third-order valence-corrected chi connectivity index (χ3v) is 6.71. The molecule has 2 aliphatic rings. The van der Waals surface area contributed by atoms with E-state index in [0.29, 0.717) is 11.3 Å². The van der Waals surface area contributed by atoms with Crippen LogP contribution in [-0.4, -0.2) is 26.8 Å². The van der Waals surface area contributed by atoms with E-state index in [1.54, 1.807) is 38.1 Å². The van der Waals surface area contributed by atoms with Crippen molar-refractivity contribution in [3.8, 4) is 0 Å². The van der Waals surface area contributed by atoms with Gasteiger partial charge in [-0.3, -0.25) is 19.5 Å². The molecule has 0 bridgehead atoms. The van der Waals surface area contributed by atoms with Crippen molar-refractivity contribution in [2.24, 2.45) is 11.3 Å². The number of pyridine rings is 1. The van der Waals surface area contributed by atoms with Gasteiger partial charge in [0.05, 0.1) is 11.0 Å². The predicted octanol–water partition coefficient (Wildman–Crippen LogP) is 5.51. The van der Waals surface area contributed by atoms with Crippen LogP contribution in [0.15, 0.2) is 78.9 Å². The number of fused-ring (bicyclic) bond motifs is 1. The predicted molar refractivity (Wildman–Crippen MR) is 130 cm³/mol. The molecule has 2 atom stereocenters. The number of nitrogens with zero attached hydrogens (tertiary/aromatic N) is 4. The lowest BCUT2D eigenvalue weighted by molar-refractivity contribution is -0.141. The van der Waals surface area contributed by atoms with Crippen LogP contribution >= 0.6 is 0 Å². The van der Waals surface area contributed by atoms with Crippen LogP contribution in [-0.2, 0) is 11.0 Å². The molecule has 11 heteroatoms. The zero-order valence-corrected chi connectivity index (χ0v) is 20.2. The van der Waals surface area contributed by atoms with E-state index < -0.39 is 46.4 Å². The summed E-state index contributed by atoms with van der Waals surface area (Å²) in [6.45, 7) is 3.51. The first-order chi connectivity index (χ1) is 18.0. The minimum atomic E-state index is -4.90. The van der Waals surface area contributed by atoms with Crippen molar-refractivity contribution in [1.29, 1.82) is 0 Å². The van der Waals surface area contributed by atoms with E-state index in [-0.39, 0.29) is 17.5 Å². The highest BCUT2D eigenvalue weighted by Gasteiger charge is 2.55. The fraction of sp³-hybridized carbons (Fsp3) is 0.222. The van der Waals surface area contributed by atoms with Crippen molar-refractivity contribution in [3.63, 3.8) is 0 Å². The number of alkyl halides is 3. The molecule has 2 aromatic heterocycles. The third kappa shape index (κ3) is 4.33. The van der Waals surface area contributed by atoms with Crippen LogP contribution in [0, 0.1) is 17.2 Å². The lowest BCUT2D eigenvalue weighted by Crippen LogP contribution is -2.33. The molecule has 5 rings (SSSR count). The highest BCUT2D eigenvalue weighted by Crippen LogP contribution is 2.53. The van der Waals surface area contributed by atoms with Gasteiger partial charge in [0.15, 0.2) is 5.69 Å². The Morgan fingerprint density at radius 2 is 1.76 bits per heavy atom. The first-order valence-corrected chi connectivity index (χ1v) is 11.6. The number of rotatable bonds is 4. The number of aromatic nitrogens is 3. The Bertz CT molecular complexity index is 1470. The van der Waals surface area contributed by atoms with E-state index in [1.807, 2.05) is 0 Å². The van der Waals surface area contributed by atoms with Gasteiger partial charge in [0.1, 0.15) is 5.82 Å². The first kappa shape index (κ1) is 25.2. The summed E-state index contributed by atoms with van der Waals surface area (Å²) in [6.07, 6.45) is 4.44. The lowest BCUT2D eigenvalue weighted by atomic mass is 9.69. The van der Waals surface area contributed by atoms with Crippen molar-refractivity contribution in [3.05, 3.63) is 102 Å². The van der Waals surface area contributed by atoms with Crippen molar-refractivity contribution < 1.29 is 27.2 Å². The van der Waals surface area contributed by atoms with E-state index >= 15 is 0 Å². The molecule has 1 aromatic carbocycles. The van der Waals surface area contributed by atoms with Crippen molar-refractivity contribution in [1.82, 2.24) is 15.0 Å². The summed E-state index contributed by atoms with van der Waals surface area (Å²) in [5, 5.41) is 2.37. The Morgan fingerprint density at radius 1 is 1.08 bits per heavy atom. The number of hydrogen-bond acceptors (Lipinski definition) is 5. The van der Waals surface area contributed by atoms with Crippen LogP contribution in [0.25, 0.3) is 0 Å². The van der Waals surface area contributed by atoms with Gasteiger partial charge in [-0.2, -0.15) is 13.2 Å². The summed E-state index contributed by atoms with van der Waals surface area (Å²) in [5.74, 6) is -2.74. The van der Waals surface area contributed by atoms with Gasteiger partial charge in [0.25, 0.3) is 5.91 Å². The zero-order valence-electron chi connectivity index (χ0n) is 20.2. The van der Waals surface area contributed by atoms with E-state index in [4.69, 9.17) is 0 Å². The van der Waals surface area contributed by atoms with Gasteiger partial charge in [0.2, 0.25) is 11.9 Å². The van der Waals surface area contributed by atoms with Gasteiger partial charge in [0, 0.05) is 41.8 Å². The van der Waals surface area contributed by atoms with Crippen LogP contribution in [0.1, 0.15) is 41.4 Å². The monoisotopic (exact) mass is 523 g/mol. The molecule has 0 radical (unpaired) electrons. The smallest absolute Gasteiger partial charge is 0.322 e. The quantitative estimate of drug-likeness (QED) is 0.456.